The van der Waals surface area contributed by atoms with Crippen LogP contribution >= 0.6 is 0 Å². The van der Waals surface area contributed by atoms with Gasteiger partial charge in [0.1, 0.15) is 5.92 Å². The molecule has 0 saturated carbocycles. The molecule has 0 saturated heterocycles. The summed E-state index contributed by atoms with van der Waals surface area (Å²) in [6.07, 6.45) is 0. The molecule has 0 aliphatic rings. The van der Waals surface area contributed by atoms with Crippen LogP contribution in [0.3, 0.4) is 0 Å². The van der Waals surface area contributed by atoms with Crippen LogP contribution in [0, 0.1) is 11.3 Å². The van der Waals surface area contributed by atoms with E-state index in [0.717, 1.165) is 0 Å². The molecule has 0 aliphatic heterocycles. The van der Waals surface area contributed by atoms with Gasteiger partial charge in [-0.1, -0.05) is 20.8 Å². The maximum atomic E-state index is 11.3. The fraction of sp³-hybridized carbons (Fsp3) is 0.778. The molecule has 1 amide bonds. The molecule has 0 fully saturated rings. The highest BCUT2D eigenvalue weighted by atomic mass is 16.5. The van der Waals surface area contributed by atoms with Crippen molar-refractivity contribution in [2.24, 2.45) is 17.1 Å². The van der Waals surface area contributed by atoms with E-state index in [1.165, 1.54) is 0 Å². The van der Waals surface area contributed by atoms with E-state index < -0.39 is 23.2 Å². The van der Waals surface area contributed by atoms with Gasteiger partial charge in [-0.2, -0.15) is 0 Å². The van der Waals surface area contributed by atoms with Gasteiger partial charge in [0.25, 0.3) is 0 Å². The van der Waals surface area contributed by atoms with Crippen molar-refractivity contribution < 1.29 is 14.3 Å². The van der Waals surface area contributed by atoms with E-state index in [4.69, 9.17) is 10.5 Å². The second-order valence-corrected chi connectivity index (χ2v) is 3.95. The van der Waals surface area contributed by atoms with Gasteiger partial charge >= 0.3 is 5.97 Å². The SMILES string of the molecule is CCOC(=O)C(C(N)=O)C(C)(C)C. The van der Waals surface area contributed by atoms with E-state index in [2.05, 4.69) is 0 Å². The van der Waals surface area contributed by atoms with Crippen molar-refractivity contribution in [3.63, 3.8) is 0 Å². The monoisotopic (exact) mass is 187 g/mol. The maximum Gasteiger partial charge on any atom is 0.319 e. The van der Waals surface area contributed by atoms with Crippen molar-refractivity contribution in [1.82, 2.24) is 0 Å². The van der Waals surface area contributed by atoms with Crippen LogP contribution in [0.5, 0.6) is 0 Å². The summed E-state index contributed by atoms with van der Waals surface area (Å²) in [6, 6.07) is 0. The number of primary amides is 1. The first-order valence-electron chi connectivity index (χ1n) is 4.26. The van der Waals surface area contributed by atoms with E-state index in [9.17, 15) is 9.59 Å². The molecular formula is C9H17NO3. The number of hydrogen-bond donors (Lipinski definition) is 1. The molecule has 0 aromatic carbocycles. The zero-order valence-electron chi connectivity index (χ0n) is 8.59. The summed E-state index contributed by atoms with van der Waals surface area (Å²) in [5, 5.41) is 0. The topological polar surface area (TPSA) is 69.4 Å². The first kappa shape index (κ1) is 11.9. The second kappa shape index (κ2) is 4.25. The van der Waals surface area contributed by atoms with Gasteiger partial charge in [0.2, 0.25) is 5.91 Å². The predicted molar refractivity (Wildman–Crippen MR) is 48.8 cm³/mol. The molecule has 0 rings (SSSR count). The summed E-state index contributed by atoms with van der Waals surface area (Å²) in [5.74, 6) is -2.04. The molecule has 76 valence electrons. The van der Waals surface area contributed by atoms with Crippen LogP contribution in [0.2, 0.25) is 0 Å². The van der Waals surface area contributed by atoms with Gasteiger partial charge in [-0.3, -0.25) is 9.59 Å². The third-order valence-corrected chi connectivity index (χ3v) is 1.67. The van der Waals surface area contributed by atoms with Crippen LogP contribution in [-0.2, 0) is 14.3 Å². The lowest BCUT2D eigenvalue weighted by atomic mass is 9.80. The Hall–Kier alpha value is -1.06. The van der Waals surface area contributed by atoms with Gasteiger partial charge in [0, 0.05) is 0 Å². The van der Waals surface area contributed by atoms with Crippen molar-refractivity contribution in [3.05, 3.63) is 0 Å². The minimum atomic E-state index is -0.868. The third-order valence-electron chi connectivity index (χ3n) is 1.67. The lowest BCUT2D eigenvalue weighted by Crippen LogP contribution is -2.40. The molecule has 1 atom stereocenters. The average Bonchev–Trinajstić information content (AvgIpc) is 1.82. The predicted octanol–water partition coefficient (Wildman–Crippen LogP) is 0.697. The Labute approximate surface area is 78.4 Å². The van der Waals surface area contributed by atoms with Gasteiger partial charge in [-0.05, 0) is 12.3 Å². The minimum absolute atomic E-state index is 0.263. The smallest absolute Gasteiger partial charge is 0.319 e. The standard InChI is InChI=1S/C9H17NO3/c1-5-13-8(12)6(7(10)11)9(2,3)4/h6H,5H2,1-4H3,(H2,10,11). The third kappa shape index (κ3) is 3.44. The Morgan fingerprint density at radius 3 is 2.08 bits per heavy atom. The Balaban J connectivity index is 4.63. The number of hydrogen-bond acceptors (Lipinski definition) is 3. The minimum Gasteiger partial charge on any atom is -0.465 e. The Kier molecular flexibility index (Phi) is 3.91. The highest BCUT2D eigenvalue weighted by molar-refractivity contribution is 5.97. The zero-order valence-corrected chi connectivity index (χ0v) is 8.59. The summed E-state index contributed by atoms with van der Waals surface area (Å²) >= 11 is 0. The summed E-state index contributed by atoms with van der Waals surface area (Å²) < 4.78 is 4.75. The lowest BCUT2D eigenvalue weighted by Gasteiger charge is -2.25. The Morgan fingerprint density at radius 1 is 1.38 bits per heavy atom. The molecule has 0 bridgehead atoms. The van der Waals surface area contributed by atoms with E-state index >= 15 is 0 Å². The van der Waals surface area contributed by atoms with Gasteiger partial charge < -0.3 is 10.5 Å². The van der Waals surface area contributed by atoms with Crippen molar-refractivity contribution in [3.8, 4) is 0 Å². The average molecular weight is 187 g/mol. The van der Waals surface area contributed by atoms with Gasteiger partial charge in [-0.25, -0.2) is 0 Å². The molecule has 0 aromatic rings. The first-order valence-corrected chi connectivity index (χ1v) is 4.26. The van der Waals surface area contributed by atoms with Crippen molar-refractivity contribution >= 4 is 11.9 Å². The van der Waals surface area contributed by atoms with Crippen molar-refractivity contribution in [1.29, 1.82) is 0 Å². The number of ether oxygens (including phenoxy) is 1. The highest BCUT2D eigenvalue weighted by Crippen LogP contribution is 2.26. The molecule has 4 heteroatoms. The van der Waals surface area contributed by atoms with E-state index in [1.54, 1.807) is 27.7 Å². The summed E-state index contributed by atoms with van der Waals surface area (Å²) in [5.41, 5.74) is 4.63. The van der Waals surface area contributed by atoms with Crippen molar-refractivity contribution in [2.75, 3.05) is 6.61 Å². The Morgan fingerprint density at radius 2 is 1.85 bits per heavy atom. The quantitative estimate of drug-likeness (QED) is 0.522. The molecule has 4 nitrogen and oxygen atoms in total. The zero-order chi connectivity index (χ0) is 10.6. The largest absolute Gasteiger partial charge is 0.465 e. The molecular weight excluding hydrogens is 170 g/mol. The number of esters is 1. The molecule has 13 heavy (non-hydrogen) atoms. The number of carbonyl (C=O) groups excluding carboxylic acids is 2. The fourth-order valence-electron chi connectivity index (χ4n) is 1.12. The second-order valence-electron chi connectivity index (χ2n) is 3.95. The number of carbonyl (C=O) groups is 2. The lowest BCUT2D eigenvalue weighted by molar-refractivity contribution is -0.155. The number of amides is 1. The molecule has 0 spiro atoms. The van der Waals surface area contributed by atoms with E-state index in [-0.39, 0.29) is 6.61 Å². The van der Waals surface area contributed by atoms with Gasteiger partial charge in [-0.15, -0.1) is 0 Å². The van der Waals surface area contributed by atoms with Crippen LogP contribution in [0.15, 0.2) is 0 Å². The molecule has 1 unspecified atom stereocenters. The number of nitrogens with two attached hydrogens (primary N) is 1. The van der Waals surface area contributed by atoms with Crippen molar-refractivity contribution in [2.45, 2.75) is 27.7 Å². The maximum absolute atomic E-state index is 11.3. The van der Waals surface area contributed by atoms with Crippen LogP contribution in [-0.4, -0.2) is 18.5 Å². The van der Waals surface area contributed by atoms with E-state index in [1.807, 2.05) is 0 Å². The van der Waals surface area contributed by atoms with Gasteiger partial charge in [0.15, 0.2) is 0 Å². The van der Waals surface area contributed by atoms with Crippen LogP contribution in [0.25, 0.3) is 0 Å². The Bertz CT molecular complexity index is 205. The fourth-order valence-corrected chi connectivity index (χ4v) is 1.12. The molecule has 0 aliphatic carbocycles. The molecule has 2 N–H and O–H groups in total. The van der Waals surface area contributed by atoms with Gasteiger partial charge in [0.05, 0.1) is 6.61 Å². The van der Waals surface area contributed by atoms with E-state index in [0.29, 0.717) is 0 Å². The van der Waals surface area contributed by atoms with Crippen LogP contribution < -0.4 is 5.73 Å². The summed E-state index contributed by atoms with van der Waals surface area (Å²) in [6.45, 7) is 7.29. The first-order chi connectivity index (χ1) is 5.80. The van der Waals surface area contributed by atoms with Crippen LogP contribution in [0.1, 0.15) is 27.7 Å². The molecule has 0 heterocycles. The summed E-state index contributed by atoms with van der Waals surface area (Å²) in [7, 11) is 0. The van der Waals surface area contributed by atoms with Crippen LogP contribution in [0.4, 0.5) is 0 Å². The normalized spacial score (nSPS) is 13.5. The molecule has 0 radical (unpaired) electrons. The molecule has 0 aromatic heterocycles. The number of rotatable bonds is 3. The highest BCUT2D eigenvalue weighted by Gasteiger charge is 2.37. The summed E-state index contributed by atoms with van der Waals surface area (Å²) in [4.78, 5) is 22.3.